The number of nitrogens with zero attached hydrogens (tertiary/aromatic N) is 4. The molecule has 2 aromatic carbocycles. The quantitative estimate of drug-likeness (QED) is 0.335. The van der Waals surface area contributed by atoms with Crippen LogP contribution in [-0.2, 0) is 11.8 Å². The van der Waals surface area contributed by atoms with E-state index in [2.05, 4.69) is 36.7 Å². The van der Waals surface area contributed by atoms with Gasteiger partial charge in [-0.25, -0.2) is 5.43 Å². The lowest BCUT2D eigenvalue weighted by Gasteiger charge is -2.04. The zero-order valence-electron chi connectivity index (χ0n) is 15.3. The highest BCUT2D eigenvalue weighted by molar-refractivity contribution is 9.10. The summed E-state index contributed by atoms with van der Waals surface area (Å²) in [4.78, 5) is 12.1. The summed E-state index contributed by atoms with van der Waals surface area (Å²) in [5.41, 5.74) is 4.25. The molecular weight excluding hydrogens is 458 g/mol. The summed E-state index contributed by atoms with van der Waals surface area (Å²) in [5, 5.41) is 13.0. The van der Waals surface area contributed by atoms with Crippen LogP contribution in [0.5, 0.6) is 11.5 Å². The molecule has 0 saturated carbocycles. The number of aromatic nitrogens is 3. The lowest BCUT2D eigenvalue weighted by Crippen LogP contribution is -2.19. The minimum Gasteiger partial charge on any atom is -0.454 e. The van der Waals surface area contributed by atoms with Gasteiger partial charge < -0.3 is 14.0 Å². The largest absolute Gasteiger partial charge is 0.454 e. The second-order valence-corrected chi connectivity index (χ2v) is 7.93. The monoisotopic (exact) mass is 473 g/mol. The van der Waals surface area contributed by atoms with E-state index < -0.39 is 0 Å². The summed E-state index contributed by atoms with van der Waals surface area (Å²) in [6, 6.07) is 13.3. The molecule has 4 rings (SSSR count). The number of amides is 1. The van der Waals surface area contributed by atoms with E-state index in [4.69, 9.17) is 9.47 Å². The Morgan fingerprint density at radius 1 is 1.28 bits per heavy atom. The highest BCUT2D eigenvalue weighted by atomic mass is 79.9. The number of thioether (sulfide) groups is 1. The van der Waals surface area contributed by atoms with Gasteiger partial charge in [-0.3, -0.25) is 4.79 Å². The van der Waals surface area contributed by atoms with Crippen molar-refractivity contribution in [3.8, 4) is 22.9 Å². The summed E-state index contributed by atoms with van der Waals surface area (Å²) in [6.45, 7) is 0.217. The molecule has 8 nitrogen and oxygen atoms in total. The molecule has 29 heavy (non-hydrogen) atoms. The second-order valence-electron chi connectivity index (χ2n) is 6.07. The number of carbonyl (C=O) groups is 1. The maximum Gasteiger partial charge on any atom is 0.250 e. The Balaban J connectivity index is 1.32. The third-order valence-corrected chi connectivity index (χ3v) is 5.56. The van der Waals surface area contributed by atoms with Crippen LogP contribution in [0.1, 0.15) is 5.56 Å². The van der Waals surface area contributed by atoms with Gasteiger partial charge >= 0.3 is 0 Å². The molecule has 0 bridgehead atoms. The van der Waals surface area contributed by atoms with Crippen LogP contribution in [0.4, 0.5) is 0 Å². The van der Waals surface area contributed by atoms with Gasteiger partial charge in [0.05, 0.1) is 12.0 Å². The minimum atomic E-state index is -0.237. The Hall–Kier alpha value is -2.85. The Kier molecular flexibility index (Phi) is 5.81. The van der Waals surface area contributed by atoms with Crippen LogP contribution in [-0.4, -0.2) is 39.4 Å². The van der Waals surface area contributed by atoms with Gasteiger partial charge in [-0.2, -0.15) is 5.10 Å². The number of hydrazone groups is 1. The fourth-order valence-corrected chi connectivity index (χ4v) is 3.76. The van der Waals surface area contributed by atoms with Crippen molar-refractivity contribution in [2.24, 2.45) is 12.1 Å². The number of halogens is 1. The van der Waals surface area contributed by atoms with Crippen LogP contribution in [0.2, 0.25) is 0 Å². The van der Waals surface area contributed by atoms with Gasteiger partial charge in [0.15, 0.2) is 22.5 Å². The van der Waals surface area contributed by atoms with Gasteiger partial charge in [-0.15, -0.1) is 10.2 Å². The van der Waals surface area contributed by atoms with E-state index in [0.717, 1.165) is 21.4 Å². The molecule has 1 aromatic heterocycles. The topological polar surface area (TPSA) is 90.6 Å². The first-order valence-electron chi connectivity index (χ1n) is 8.60. The highest BCUT2D eigenvalue weighted by Crippen LogP contribution is 2.32. The third-order valence-electron chi connectivity index (χ3n) is 4.05. The van der Waals surface area contributed by atoms with Crippen molar-refractivity contribution < 1.29 is 14.3 Å². The van der Waals surface area contributed by atoms with E-state index in [9.17, 15) is 4.79 Å². The first-order valence-corrected chi connectivity index (χ1v) is 10.4. The number of carbonyl (C=O) groups excluding carboxylic acids is 1. The van der Waals surface area contributed by atoms with Crippen LogP contribution in [0, 0.1) is 0 Å². The smallest absolute Gasteiger partial charge is 0.250 e. The summed E-state index contributed by atoms with van der Waals surface area (Å²) >= 11 is 4.75. The first kappa shape index (κ1) is 19.5. The average Bonchev–Trinajstić information content (AvgIpc) is 3.32. The standard InChI is InChI=1S/C19H16BrN5O3S/c1-25-18(13-3-2-4-14(20)8-13)23-24-19(25)29-10-17(26)22-21-9-12-5-6-15-16(7-12)28-11-27-15/h2-9H,10-11H2,1H3,(H,22,26). The lowest BCUT2D eigenvalue weighted by atomic mass is 10.2. The number of hydrogen-bond donors (Lipinski definition) is 1. The van der Waals surface area contributed by atoms with Gasteiger partial charge in [-0.05, 0) is 35.9 Å². The molecule has 0 radical (unpaired) electrons. The predicted octanol–water partition coefficient (Wildman–Crippen LogP) is 3.22. The zero-order chi connectivity index (χ0) is 20.2. The van der Waals surface area contributed by atoms with Crippen molar-refractivity contribution in [1.82, 2.24) is 20.2 Å². The number of nitrogens with one attached hydrogen (secondary N) is 1. The van der Waals surface area contributed by atoms with Crippen molar-refractivity contribution >= 4 is 39.8 Å². The van der Waals surface area contributed by atoms with Crippen molar-refractivity contribution in [2.45, 2.75) is 5.16 Å². The molecule has 1 amide bonds. The number of benzene rings is 2. The summed E-state index contributed by atoms with van der Waals surface area (Å²) in [7, 11) is 1.87. The molecule has 0 spiro atoms. The summed E-state index contributed by atoms with van der Waals surface area (Å²) in [6.07, 6.45) is 1.55. The third kappa shape index (κ3) is 4.60. The number of hydrogen-bond acceptors (Lipinski definition) is 7. The van der Waals surface area contributed by atoms with Crippen LogP contribution >= 0.6 is 27.7 Å². The molecule has 0 fully saturated rings. The minimum absolute atomic E-state index is 0.170. The molecule has 0 atom stereocenters. The van der Waals surface area contributed by atoms with Crippen molar-refractivity contribution in [1.29, 1.82) is 0 Å². The maximum absolute atomic E-state index is 12.1. The van der Waals surface area contributed by atoms with E-state index in [-0.39, 0.29) is 18.5 Å². The molecule has 1 N–H and O–H groups in total. The second kappa shape index (κ2) is 8.66. The Morgan fingerprint density at radius 2 is 2.14 bits per heavy atom. The normalized spacial score (nSPS) is 12.5. The number of ether oxygens (including phenoxy) is 2. The lowest BCUT2D eigenvalue weighted by molar-refractivity contribution is -0.118. The van der Waals surface area contributed by atoms with Crippen molar-refractivity contribution in [3.63, 3.8) is 0 Å². The van der Waals surface area contributed by atoms with Crippen LogP contribution < -0.4 is 14.9 Å². The molecule has 148 valence electrons. The van der Waals surface area contributed by atoms with E-state index in [1.807, 2.05) is 41.9 Å². The van der Waals surface area contributed by atoms with Crippen LogP contribution in [0.15, 0.2) is 57.2 Å². The molecule has 1 aliphatic rings. The molecule has 10 heteroatoms. The fourth-order valence-electron chi connectivity index (χ4n) is 2.65. The van der Waals surface area contributed by atoms with Gasteiger partial charge in [-0.1, -0.05) is 39.8 Å². The highest BCUT2D eigenvalue weighted by Gasteiger charge is 2.14. The Bertz CT molecular complexity index is 1090. The number of fused-ring (bicyclic) bond motifs is 1. The average molecular weight is 474 g/mol. The molecular formula is C19H16BrN5O3S. The van der Waals surface area contributed by atoms with Crippen LogP contribution in [0.25, 0.3) is 11.4 Å². The number of rotatable bonds is 6. The Labute approximate surface area is 179 Å². The molecule has 0 unspecified atom stereocenters. The molecule has 0 aliphatic carbocycles. The summed E-state index contributed by atoms with van der Waals surface area (Å²) in [5.74, 6) is 2.03. The fraction of sp³-hybridized carbons (Fsp3) is 0.158. The summed E-state index contributed by atoms with van der Waals surface area (Å²) < 4.78 is 13.4. The van der Waals surface area contributed by atoms with Crippen LogP contribution in [0.3, 0.4) is 0 Å². The molecule has 3 aromatic rings. The van der Waals surface area contributed by atoms with E-state index in [1.165, 1.54) is 11.8 Å². The van der Waals surface area contributed by atoms with Crippen molar-refractivity contribution in [2.75, 3.05) is 12.5 Å². The van der Waals surface area contributed by atoms with Gasteiger partial charge in [0, 0.05) is 17.1 Å². The first-order chi connectivity index (χ1) is 14.1. The maximum atomic E-state index is 12.1. The molecule has 2 heterocycles. The van der Waals surface area contributed by atoms with Gasteiger partial charge in [0.2, 0.25) is 6.79 Å². The predicted molar refractivity (Wildman–Crippen MR) is 113 cm³/mol. The Morgan fingerprint density at radius 3 is 3.00 bits per heavy atom. The molecule has 1 aliphatic heterocycles. The van der Waals surface area contributed by atoms with Gasteiger partial charge in [0.25, 0.3) is 5.91 Å². The van der Waals surface area contributed by atoms with E-state index >= 15 is 0 Å². The van der Waals surface area contributed by atoms with E-state index in [1.54, 1.807) is 18.3 Å². The van der Waals surface area contributed by atoms with Gasteiger partial charge in [0.1, 0.15) is 0 Å². The molecule has 0 saturated heterocycles. The SMILES string of the molecule is Cn1c(SCC(=O)NN=Cc2ccc3c(c2)OCO3)nnc1-c1cccc(Br)c1. The van der Waals surface area contributed by atoms with Crippen molar-refractivity contribution in [3.05, 3.63) is 52.5 Å². The van der Waals surface area contributed by atoms with E-state index in [0.29, 0.717) is 16.7 Å². The zero-order valence-corrected chi connectivity index (χ0v) is 17.7.